The lowest BCUT2D eigenvalue weighted by atomic mass is 9.88. The van der Waals surface area contributed by atoms with E-state index >= 15 is 0 Å². The minimum absolute atomic E-state index is 0.140. The minimum atomic E-state index is -0.367. The molecular formula is C27H34N4O4S2. The van der Waals surface area contributed by atoms with Crippen LogP contribution in [0.4, 0.5) is 5.00 Å². The number of esters is 1. The molecule has 2 aromatic heterocycles. The van der Waals surface area contributed by atoms with Gasteiger partial charge in [0, 0.05) is 11.9 Å². The predicted molar refractivity (Wildman–Crippen MR) is 147 cm³/mol. The number of thioether (sulfide) groups is 1. The Morgan fingerprint density at radius 2 is 2.00 bits per heavy atom. The molecule has 0 saturated carbocycles. The zero-order valence-electron chi connectivity index (χ0n) is 22.0. The fraction of sp³-hybridized carbons (Fsp3) is 0.481. The number of carbonyl (C=O) groups is 2. The number of thiophene rings is 1. The van der Waals surface area contributed by atoms with Crippen LogP contribution in [0, 0.1) is 5.92 Å². The van der Waals surface area contributed by atoms with Crippen LogP contribution in [0.25, 0.3) is 0 Å². The molecular weight excluding hydrogens is 508 g/mol. The number of hydrogen-bond donors (Lipinski definition) is 1. The molecule has 0 bridgehead atoms. The van der Waals surface area contributed by atoms with Crippen molar-refractivity contribution < 1.29 is 19.1 Å². The molecule has 0 aliphatic heterocycles. The second-order valence-electron chi connectivity index (χ2n) is 9.27. The van der Waals surface area contributed by atoms with Gasteiger partial charge in [0.1, 0.15) is 10.8 Å². The third-order valence-electron chi connectivity index (χ3n) is 6.45. The molecule has 37 heavy (non-hydrogen) atoms. The Labute approximate surface area is 226 Å². The van der Waals surface area contributed by atoms with Crippen LogP contribution in [0.2, 0.25) is 0 Å². The van der Waals surface area contributed by atoms with Crippen LogP contribution in [-0.4, -0.2) is 39.0 Å². The quantitative estimate of drug-likeness (QED) is 0.263. The molecule has 0 radical (unpaired) electrons. The summed E-state index contributed by atoms with van der Waals surface area (Å²) >= 11 is 2.79. The summed E-state index contributed by atoms with van der Waals surface area (Å²) in [5.41, 5.74) is 2.80. The third-order valence-corrected chi connectivity index (χ3v) is 8.64. The highest BCUT2D eigenvalue weighted by Gasteiger charge is 2.29. The number of rotatable bonds is 10. The van der Waals surface area contributed by atoms with Crippen LogP contribution in [0.3, 0.4) is 0 Å². The maximum absolute atomic E-state index is 12.9. The molecule has 10 heteroatoms. The number of aryl methyl sites for hydroxylation is 1. The van der Waals surface area contributed by atoms with E-state index in [1.165, 1.54) is 33.5 Å². The first-order valence-electron chi connectivity index (χ1n) is 12.7. The molecule has 198 valence electrons. The zero-order valence-corrected chi connectivity index (χ0v) is 23.6. The molecule has 2 heterocycles. The summed E-state index contributed by atoms with van der Waals surface area (Å²) in [5.74, 6) is 1.58. The number of hydrogen-bond acceptors (Lipinski definition) is 8. The number of carbonyl (C=O) groups excluding carboxylic acids is 2. The number of aromatic nitrogens is 3. The summed E-state index contributed by atoms with van der Waals surface area (Å²) in [6.07, 6.45) is 3.45. The van der Waals surface area contributed by atoms with Gasteiger partial charge in [-0.05, 0) is 68.7 Å². The summed E-state index contributed by atoms with van der Waals surface area (Å²) in [7, 11) is 1.86. The van der Waals surface area contributed by atoms with E-state index < -0.39 is 0 Å². The molecule has 2 unspecified atom stereocenters. The molecule has 0 fully saturated rings. The lowest BCUT2D eigenvalue weighted by Gasteiger charge is -2.18. The van der Waals surface area contributed by atoms with Crippen molar-refractivity contribution in [1.82, 2.24) is 14.8 Å². The number of ether oxygens (including phenoxy) is 2. The molecule has 1 amide bonds. The molecule has 4 rings (SSSR count). The average molecular weight is 543 g/mol. The summed E-state index contributed by atoms with van der Waals surface area (Å²) in [4.78, 5) is 26.8. The highest BCUT2D eigenvalue weighted by atomic mass is 32.2. The molecule has 3 aromatic rings. The smallest absolute Gasteiger partial charge is 0.341 e. The van der Waals surface area contributed by atoms with E-state index in [4.69, 9.17) is 9.47 Å². The van der Waals surface area contributed by atoms with Gasteiger partial charge in [-0.1, -0.05) is 37.7 Å². The van der Waals surface area contributed by atoms with E-state index in [2.05, 4.69) is 41.5 Å². The van der Waals surface area contributed by atoms with Crippen molar-refractivity contribution in [2.24, 2.45) is 13.0 Å². The number of anilines is 1. The Kier molecular flexibility index (Phi) is 8.91. The number of nitrogens with zero attached hydrogens (tertiary/aromatic N) is 3. The number of amides is 1. The minimum Gasteiger partial charge on any atom is -0.483 e. The van der Waals surface area contributed by atoms with Crippen molar-refractivity contribution in [1.29, 1.82) is 0 Å². The Bertz CT molecular complexity index is 1250. The van der Waals surface area contributed by atoms with Gasteiger partial charge in [0.2, 0.25) is 5.91 Å². The van der Waals surface area contributed by atoms with Crippen LogP contribution in [-0.2, 0) is 35.8 Å². The van der Waals surface area contributed by atoms with Crippen molar-refractivity contribution >= 4 is 40.0 Å². The summed E-state index contributed by atoms with van der Waals surface area (Å²) in [5, 5.41) is 12.7. The molecule has 0 saturated heterocycles. The highest BCUT2D eigenvalue weighted by molar-refractivity contribution is 7.99. The fourth-order valence-electron chi connectivity index (χ4n) is 4.42. The van der Waals surface area contributed by atoms with Crippen molar-refractivity contribution in [3.05, 3.63) is 51.7 Å². The molecule has 1 N–H and O–H groups in total. The summed E-state index contributed by atoms with van der Waals surface area (Å²) < 4.78 is 13.2. The highest BCUT2D eigenvalue weighted by Crippen LogP contribution is 2.40. The third kappa shape index (κ3) is 6.35. The normalized spacial score (nSPS) is 15.6. The van der Waals surface area contributed by atoms with Gasteiger partial charge in [0.25, 0.3) is 0 Å². The van der Waals surface area contributed by atoms with Gasteiger partial charge in [-0.25, -0.2) is 4.79 Å². The Morgan fingerprint density at radius 3 is 2.70 bits per heavy atom. The molecule has 1 aromatic carbocycles. The average Bonchev–Trinajstić information content (AvgIpc) is 3.42. The van der Waals surface area contributed by atoms with Crippen LogP contribution >= 0.6 is 23.1 Å². The lowest BCUT2D eigenvalue weighted by Crippen LogP contribution is -2.18. The van der Waals surface area contributed by atoms with Gasteiger partial charge < -0.3 is 19.4 Å². The van der Waals surface area contributed by atoms with Crippen LogP contribution in [0.1, 0.15) is 72.4 Å². The maximum Gasteiger partial charge on any atom is 0.341 e. The Morgan fingerprint density at radius 1 is 1.24 bits per heavy atom. The van der Waals surface area contributed by atoms with E-state index in [0.717, 1.165) is 37.0 Å². The van der Waals surface area contributed by atoms with Crippen LogP contribution < -0.4 is 10.1 Å². The van der Waals surface area contributed by atoms with Crippen molar-refractivity contribution in [3.8, 4) is 5.75 Å². The van der Waals surface area contributed by atoms with E-state index in [9.17, 15) is 9.59 Å². The van der Waals surface area contributed by atoms with Gasteiger partial charge in [0.05, 0.1) is 17.9 Å². The summed E-state index contributed by atoms with van der Waals surface area (Å²) in [6.45, 7) is 8.34. The monoisotopic (exact) mass is 542 g/mol. The van der Waals surface area contributed by atoms with E-state index in [1.807, 2.05) is 30.7 Å². The second kappa shape index (κ2) is 12.1. The Hall–Kier alpha value is -2.85. The van der Waals surface area contributed by atoms with E-state index in [0.29, 0.717) is 34.1 Å². The SMILES string of the molecule is CCOC(=O)c1c(NC(=O)CSc2nnc(C(C)Oc3ccc(CC)cc3)n2C)sc2c1CCC(C)C2. The van der Waals surface area contributed by atoms with Crippen molar-refractivity contribution in [2.75, 3.05) is 17.7 Å². The van der Waals surface area contributed by atoms with Gasteiger partial charge in [-0.15, -0.1) is 21.5 Å². The number of benzene rings is 1. The molecule has 0 spiro atoms. The first-order chi connectivity index (χ1) is 17.8. The van der Waals surface area contributed by atoms with Gasteiger partial charge in [0.15, 0.2) is 17.1 Å². The number of nitrogens with one attached hydrogen (secondary N) is 1. The van der Waals surface area contributed by atoms with E-state index in [-0.39, 0.29) is 23.7 Å². The van der Waals surface area contributed by atoms with Crippen molar-refractivity contribution in [3.63, 3.8) is 0 Å². The topological polar surface area (TPSA) is 95.3 Å². The molecule has 8 nitrogen and oxygen atoms in total. The van der Waals surface area contributed by atoms with Crippen LogP contribution in [0.15, 0.2) is 29.4 Å². The summed E-state index contributed by atoms with van der Waals surface area (Å²) in [6, 6.07) is 8.02. The maximum atomic E-state index is 12.9. The number of fused-ring (bicyclic) bond motifs is 1. The largest absolute Gasteiger partial charge is 0.483 e. The fourth-order valence-corrected chi connectivity index (χ4v) is 6.55. The Balaban J connectivity index is 1.40. The zero-order chi connectivity index (χ0) is 26.5. The standard InChI is InChI=1S/C27H34N4O4S2/c1-6-18-9-11-19(12-10-18)35-17(4)24-29-30-27(31(24)5)36-15-22(32)28-25-23(26(33)34-7-2)20-13-8-16(3)14-21(20)37-25/h9-12,16-17H,6-8,13-15H2,1-5H3,(H,28,32). The first kappa shape index (κ1) is 27.2. The molecule has 1 aliphatic carbocycles. The molecule has 2 atom stereocenters. The van der Waals surface area contributed by atoms with Gasteiger partial charge in [-0.2, -0.15) is 0 Å². The second-order valence-corrected chi connectivity index (χ2v) is 11.3. The molecule has 1 aliphatic rings. The lowest BCUT2D eigenvalue weighted by molar-refractivity contribution is -0.113. The van der Waals surface area contributed by atoms with Crippen molar-refractivity contribution in [2.45, 2.75) is 64.6 Å². The van der Waals surface area contributed by atoms with Gasteiger partial charge in [-0.3, -0.25) is 4.79 Å². The first-order valence-corrected chi connectivity index (χ1v) is 14.5. The van der Waals surface area contributed by atoms with E-state index in [1.54, 1.807) is 6.92 Å². The van der Waals surface area contributed by atoms with Gasteiger partial charge >= 0.3 is 5.97 Å². The van der Waals surface area contributed by atoms with Crippen LogP contribution in [0.5, 0.6) is 5.75 Å². The predicted octanol–water partition coefficient (Wildman–Crippen LogP) is 5.61.